The number of benzene rings is 3. The highest BCUT2D eigenvalue weighted by atomic mass is 16.5. The predicted octanol–water partition coefficient (Wildman–Crippen LogP) is 7.57. The molecule has 4 rings (SSSR count). The van der Waals surface area contributed by atoms with Crippen LogP contribution in [0.15, 0.2) is 83.9 Å². The van der Waals surface area contributed by atoms with Gasteiger partial charge in [0.1, 0.15) is 18.4 Å². The Morgan fingerprint density at radius 2 is 1.56 bits per heavy atom. The van der Waals surface area contributed by atoms with E-state index in [0.717, 1.165) is 22.7 Å². The van der Waals surface area contributed by atoms with Gasteiger partial charge in [0, 0.05) is 11.8 Å². The van der Waals surface area contributed by atoms with Crippen molar-refractivity contribution >= 4 is 17.3 Å². The number of hydrogen-bond acceptors (Lipinski definition) is 4. The second kappa shape index (κ2) is 10.6. The van der Waals surface area contributed by atoms with Crippen molar-refractivity contribution in [1.82, 2.24) is 0 Å². The van der Waals surface area contributed by atoms with Crippen molar-refractivity contribution in [2.45, 2.75) is 45.6 Å². The fourth-order valence-corrected chi connectivity index (χ4v) is 4.38. The summed E-state index contributed by atoms with van der Waals surface area (Å²) in [6.45, 7) is 9.54. The first-order chi connectivity index (χ1) is 16.5. The monoisotopic (exact) mass is 454 g/mol. The Morgan fingerprint density at radius 3 is 2.15 bits per heavy atom. The third kappa shape index (κ3) is 5.33. The quantitative estimate of drug-likeness (QED) is 0.382. The molecule has 3 aromatic rings. The SMILES string of the molecule is COc1ccc(NC(=CC2=NC(c3c(C(C)C)cccc3C(C)C)CO2)c2ccccc2)cc1. The normalized spacial score (nSPS) is 15.9. The van der Waals surface area contributed by atoms with E-state index in [0.29, 0.717) is 24.3 Å². The molecule has 0 spiro atoms. The van der Waals surface area contributed by atoms with Gasteiger partial charge in [-0.1, -0.05) is 76.2 Å². The van der Waals surface area contributed by atoms with E-state index in [1.165, 1.54) is 16.7 Å². The summed E-state index contributed by atoms with van der Waals surface area (Å²) >= 11 is 0. The van der Waals surface area contributed by atoms with E-state index in [4.69, 9.17) is 14.5 Å². The van der Waals surface area contributed by atoms with Crippen molar-refractivity contribution < 1.29 is 9.47 Å². The fraction of sp³-hybridized carbons (Fsp3) is 0.300. The molecular weight excluding hydrogens is 420 g/mol. The smallest absolute Gasteiger partial charge is 0.211 e. The zero-order valence-electron chi connectivity index (χ0n) is 20.7. The first-order valence-electron chi connectivity index (χ1n) is 12.0. The molecule has 0 aromatic heterocycles. The number of anilines is 1. The second-order valence-corrected chi connectivity index (χ2v) is 9.23. The standard InChI is InChI=1S/C30H34N2O2/c1-20(2)25-12-9-13-26(21(3)4)30(25)28-19-34-29(32-28)18-27(22-10-7-6-8-11-22)31-23-14-16-24(33-5)17-15-23/h6-18,20-21,28,31H,19H2,1-5H3. The van der Waals surface area contributed by atoms with Crippen LogP contribution in [-0.2, 0) is 4.74 Å². The van der Waals surface area contributed by atoms with Crippen molar-refractivity contribution in [2.75, 3.05) is 19.0 Å². The highest BCUT2D eigenvalue weighted by Crippen LogP contribution is 2.36. The van der Waals surface area contributed by atoms with E-state index in [1.807, 2.05) is 48.5 Å². The summed E-state index contributed by atoms with van der Waals surface area (Å²) in [5, 5.41) is 3.53. The maximum absolute atomic E-state index is 6.13. The van der Waals surface area contributed by atoms with Crippen LogP contribution in [0.4, 0.5) is 5.69 Å². The molecule has 34 heavy (non-hydrogen) atoms. The van der Waals surface area contributed by atoms with Crippen molar-refractivity contribution in [1.29, 1.82) is 0 Å². The number of methoxy groups -OCH3 is 1. The van der Waals surface area contributed by atoms with Crippen LogP contribution in [0.5, 0.6) is 5.75 Å². The fourth-order valence-electron chi connectivity index (χ4n) is 4.38. The zero-order chi connectivity index (χ0) is 24.1. The predicted molar refractivity (Wildman–Crippen MR) is 142 cm³/mol. The second-order valence-electron chi connectivity index (χ2n) is 9.23. The van der Waals surface area contributed by atoms with Crippen LogP contribution in [0, 0.1) is 0 Å². The molecule has 4 heteroatoms. The van der Waals surface area contributed by atoms with E-state index in [2.05, 4.69) is 63.3 Å². The average Bonchev–Trinajstić information content (AvgIpc) is 3.32. The molecule has 176 valence electrons. The van der Waals surface area contributed by atoms with E-state index >= 15 is 0 Å². The van der Waals surface area contributed by atoms with Gasteiger partial charge in [0.15, 0.2) is 0 Å². The molecule has 1 aliphatic heterocycles. The van der Waals surface area contributed by atoms with Crippen LogP contribution < -0.4 is 10.1 Å². The van der Waals surface area contributed by atoms with Gasteiger partial charge in [-0.15, -0.1) is 0 Å². The number of aliphatic imine (C=N–C) groups is 1. The summed E-state index contributed by atoms with van der Waals surface area (Å²) < 4.78 is 11.4. The summed E-state index contributed by atoms with van der Waals surface area (Å²) in [7, 11) is 1.67. The number of hydrogen-bond donors (Lipinski definition) is 1. The first kappa shape index (κ1) is 23.6. The van der Waals surface area contributed by atoms with Gasteiger partial charge in [0.25, 0.3) is 0 Å². The van der Waals surface area contributed by atoms with Crippen molar-refractivity contribution in [3.63, 3.8) is 0 Å². The molecule has 1 heterocycles. The maximum atomic E-state index is 6.13. The van der Waals surface area contributed by atoms with Gasteiger partial charge >= 0.3 is 0 Å². The molecule has 1 unspecified atom stereocenters. The summed E-state index contributed by atoms with van der Waals surface area (Å²) in [5.74, 6) is 2.34. The highest BCUT2D eigenvalue weighted by Gasteiger charge is 2.26. The third-order valence-corrected chi connectivity index (χ3v) is 6.14. The van der Waals surface area contributed by atoms with Crippen LogP contribution >= 0.6 is 0 Å². The molecule has 0 saturated heterocycles. The number of nitrogens with one attached hydrogen (secondary N) is 1. The molecule has 4 nitrogen and oxygen atoms in total. The lowest BCUT2D eigenvalue weighted by molar-refractivity contribution is 0.319. The molecule has 0 aliphatic carbocycles. The molecule has 0 saturated carbocycles. The van der Waals surface area contributed by atoms with Gasteiger partial charge in [0.05, 0.1) is 12.8 Å². The van der Waals surface area contributed by atoms with Crippen molar-refractivity contribution in [2.24, 2.45) is 4.99 Å². The molecular formula is C30H34N2O2. The lowest BCUT2D eigenvalue weighted by Crippen LogP contribution is -2.09. The van der Waals surface area contributed by atoms with E-state index < -0.39 is 0 Å². The van der Waals surface area contributed by atoms with E-state index in [1.54, 1.807) is 7.11 Å². The molecule has 1 aliphatic rings. The Bertz CT molecular complexity index is 1140. The van der Waals surface area contributed by atoms with Crippen molar-refractivity contribution in [3.8, 4) is 5.75 Å². The minimum Gasteiger partial charge on any atom is -0.497 e. The Morgan fingerprint density at radius 1 is 0.912 bits per heavy atom. The lowest BCUT2D eigenvalue weighted by Gasteiger charge is -2.21. The molecule has 0 radical (unpaired) electrons. The Balaban J connectivity index is 1.69. The lowest BCUT2D eigenvalue weighted by atomic mass is 9.85. The van der Waals surface area contributed by atoms with Gasteiger partial charge < -0.3 is 14.8 Å². The summed E-state index contributed by atoms with van der Waals surface area (Å²) in [4.78, 5) is 5.04. The molecule has 1 atom stereocenters. The zero-order valence-corrected chi connectivity index (χ0v) is 20.7. The maximum Gasteiger partial charge on any atom is 0.211 e. The molecule has 1 N–H and O–H groups in total. The largest absolute Gasteiger partial charge is 0.497 e. The Hall–Kier alpha value is -3.53. The molecule has 0 bridgehead atoms. The molecule has 0 amide bonds. The number of nitrogens with zero attached hydrogens (tertiary/aromatic N) is 1. The summed E-state index contributed by atoms with van der Waals surface area (Å²) in [6, 6.07) is 24.8. The number of ether oxygens (including phenoxy) is 2. The van der Waals surface area contributed by atoms with Gasteiger partial charge in [-0.3, -0.25) is 0 Å². The summed E-state index contributed by atoms with van der Waals surface area (Å²) in [5.41, 5.74) is 7.00. The number of rotatable bonds is 8. The van der Waals surface area contributed by atoms with Gasteiger partial charge in [-0.2, -0.15) is 0 Å². The van der Waals surface area contributed by atoms with E-state index in [-0.39, 0.29) is 6.04 Å². The molecule has 0 fully saturated rings. The topological polar surface area (TPSA) is 42.8 Å². The summed E-state index contributed by atoms with van der Waals surface area (Å²) in [6.07, 6.45) is 2.01. The molecule has 3 aromatic carbocycles. The third-order valence-electron chi connectivity index (χ3n) is 6.14. The highest BCUT2D eigenvalue weighted by molar-refractivity contribution is 5.98. The van der Waals surface area contributed by atoms with Crippen LogP contribution in [0.1, 0.15) is 67.8 Å². The van der Waals surface area contributed by atoms with E-state index in [9.17, 15) is 0 Å². The van der Waals surface area contributed by atoms with Gasteiger partial charge in [-0.25, -0.2) is 4.99 Å². The Kier molecular flexibility index (Phi) is 7.36. The van der Waals surface area contributed by atoms with Crippen LogP contribution in [-0.4, -0.2) is 19.6 Å². The van der Waals surface area contributed by atoms with Gasteiger partial charge in [0.2, 0.25) is 5.90 Å². The average molecular weight is 455 g/mol. The van der Waals surface area contributed by atoms with Gasteiger partial charge in [-0.05, 0) is 58.4 Å². The van der Waals surface area contributed by atoms with Crippen LogP contribution in [0.3, 0.4) is 0 Å². The van der Waals surface area contributed by atoms with Crippen LogP contribution in [0.25, 0.3) is 5.70 Å². The minimum absolute atomic E-state index is 0.000241. The van der Waals surface area contributed by atoms with Crippen LogP contribution in [0.2, 0.25) is 0 Å². The Labute approximate surface area is 203 Å². The minimum atomic E-state index is 0.000241. The first-order valence-corrected chi connectivity index (χ1v) is 12.0. The van der Waals surface area contributed by atoms with Crippen molar-refractivity contribution in [3.05, 3.63) is 101 Å².